The highest BCUT2D eigenvalue weighted by Gasteiger charge is 2.05. The standard InChI is InChI=1S/C13H13Br2NOS/c1-8-5-9(17-2)3-4-12(8)16-7-10-6-11(14)13(15)18-10/h3-6,16H,7H2,1-2H3. The second kappa shape index (κ2) is 6.08. The predicted octanol–water partition coefficient (Wildman–Crippen LogP) is 5.20. The lowest BCUT2D eigenvalue weighted by molar-refractivity contribution is 0.414. The van der Waals surface area contributed by atoms with E-state index in [0.29, 0.717) is 0 Å². The smallest absolute Gasteiger partial charge is 0.119 e. The molecule has 2 nitrogen and oxygen atoms in total. The quantitative estimate of drug-likeness (QED) is 0.774. The summed E-state index contributed by atoms with van der Waals surface area (Å²) in [5.41, 5.74) is 2.32. The average molecular weight is 391 g/mol. The van der Waals surface area contributed by atoms with E-state index in [1.165, 1.54) is 10.4 Å². The monoisotopic (exact) mass is 389 g/mol. The fourth-order valence-corrected chi connectivity index (χ4v) is 3.74. The molecule has 1 N–H and O–H groups in total. The van der Waals surface area contributed by atoms with Crippen LogP contribution in [-0.2, 0) is 6.54 Å². The van der Waals surface area contributed by atoms with Crippen LogP contribution < -0.4 is 10.1 Å². The van der Waals surface area contributed by atoms with E-state index in [1.54, 1.807) is 18.4 Å². The Bertz CT molecular complexity index is 534. The zero-order valence-electron chi connectivity index (χ0n) is 10.1. The Balaban J connectivity index is 2.06. The Morgan fingerprint density at radius 3 is 2.61 bits per heavy atom. The van der Waals surface area contributed by atoms with Gasteiger partial charge >= 0.3 is 0 Å². The van der Waals surface area contributed by atoms with Crippen molar-refractivity contribution in [3.05, 3.63) is 43.0 Å². The molecule has 0 atom stereocenters. The molecule has 2 rings (SSSR count). The van der Waals surface area contributed by atoms with Crippen molar-refractivity contribution >= 4 is 48.9 Å². The van der Waals surface area contributed by atoms with Crippen LogP contribution >= 0.6 is 43.2 Å². The molecule has 0 radical (unpaired) electrons. The number of methoxy groups -OCH3 is 1. The summed E-state index contributed by atoms with van der Waals surface area (Å²) in [6.45, 7) is 2.90. The number of rotatable bonds is 4. The molecule has 0 amide bonds. The number of hydrogen-bond acceptors (Lipinski definition) is 3. The lowest BCUT2D eigenvalue weighted by atomic mass is 10.2. The van der Waals surface area contributed by atoms with E-state index in [1.807, 2.05) is 18.2 Å². The Kier molecular flexibility index (Phi) is 4.70. The SMILES string of the molecule is COc1ccc(NCc2cc(Br)c(Br)s2)c(C)c1. The van der Waals surface area contributed by atoms with Gasteiger partial charge in [-0.2, -0.15) is 0 Å². The zero-order valence-corrected chi connectivity index (χ0v) is 14.1. The van der Waals surface area contributed by atoms with Gasteiger partial charge in [0.15, 0.2) is 0 Å². The second-order valence-corrected chi connectivity index (χ2v) is 7.18. The number of nitrogens with one attached hydrogen (secondary N) is 1. The molecule has 0 aliphatic carbocycles. The van der Waals surface area contributed by atoms with Crippen LogP contribution in [0.25, 0.3) is 0 Å². The van der Waals surface area contributed by atoms with E-state index in [2.05, 4.69) is 50.2 Å². The molecule has 1 aromatic heterocycles. The Morgan fingerprint density at radius 1 is 1.28 bits per heavy atom. The number of halogens is 2. The Hall–Kier alpha value is -0.520. The lowest BCUT2D eigenvalue weighted by Crippen LogP contribution is -1.99. The molecule has 18 heavy (non-hydrogen) atoms. The maximum Gasteiger partial charge on any atom is 0.119 e. The molecule has 0 aliphatic rings. The van der Waals surface area contributed by atoms with Crippen LogP contribution in [0.5, 0.6) is 5.75 Å². The second-order valence-electron chi connectivity index (χ2n) is 3.87. The molecule has 1 aromatic carbocycles. The van der Waals surface area contributed by atoms with Gasteiger partial charge in [0.25, 0.3) is 0 Å². The van der Waals surface area contributed by atoms with Gasteiger partial charge in [0.1, 0.15) is 5.75 Å². The molecule has 96 valence electrons. The number of benzene rings is 1. The average Bonchev–Trinajstić information content (AvgIpc) is 2.67. The van der Waals surface area contributed by atoms with Gasteiger partial charge in [-0.15, -0.1) is 11.3 Å². The summed E-state index contributed by atoms with van der Waals surface area (Å²) < 4.78 is 7.43. The predicted molar refractivity (Wildman–Crippen MR) is 84.8 cm³/mol. The highest BCUT2D eigenvalue weighted by Crippen LogP contribution is 2.33. The van der Waals surface area contributed by atoms with E-state index < -0.39 is 0 Å². The summed E-state index contributed by atoms with van der Waals surface area (Å²) >= 11 is 8.73. The van der Waals surface area contributed by atoms with Crippen LogP contribution in [-0.4, -0.2) is 7.11 Å². The lowest BCUT2D eigenvalue weighted by Gasteiger charge is -2.09. The van der Waals surface area contributed by atoms with E-state index in [0.717, 1.165) is 26.2 Å². The molecule has 1 heterocycles. The molecule has 2 aromatic rings. The van der Waals surface area contributed by atoms with Gasteiger partial charge in [0, 0.05) is 21.6 Å². The maximum absolute atomic E-state index is 5.19. The largest absolute Gasteiger partial charge is 0.497 e. The van der Waals surface area contributed by atoms with Crippen LogP contribution in [0.4, 0.5) is 5.69 Å². The summed E-state index contributed by atoms with van der Waals surface area (Å²) in [5.74, 6) is 0.889. The zero-order chi connectivity index (χ0) is 13.1. The molecule has 0 unspecified atom stereocenters. The van der Waals surface area contributed by atoms with Crippen molar-refractivity contribution in [3.63, 3.8) is 0 Å². The topological polar surface area (TPSA) is 21.3 Å². The molecule has 0 saturated carbocycles. The highest BCUT2D eigenvalue weighted by molar-refractivity contribution is 9.13. The first-order valence-corrected chi connectivity index (χ1v) is 7.82. The molecule has 0 aliphatic heterocycles. The maximum atomic E-state index is 5.19. The Morgan fingerprint density at radius 2 is 2.06 bits per heavy atom. The van der Waals surface area contributed by atoms with E-state index in [-0.39, 0.29) is 0 Å². The molecular formula is C13H13Br2NOS. The molecule has 0 saturated heterocycles. The van der Waals surface area contributed by atoms with Crippen molar-refractivity contribution in [2.45, 2.75) is 13.5 Å². The van der Waals surface area contributed by atoms with Crippen molar-refractivity contribution in [1.82, 2.24) is 0 Å². The number of ether oxygens (including phenoxy) is 1. The molecular weight excluding hydrogens is 378 g/mol. The van der Waals surface area contributed by atoms with Crippen molar-refractivity contribution in [3.8, 4) is 5.75 Å². The summed E-state index contributed by atoms with van der Waals surface area (Å²) in [5, 5.41) is 3.43. The number of anilines is 1. The highest BCUT2D eigenvalue weighted by atomic mass is 79.9. The van der Waals surface area contributed by atoms with Crippen LogP contribution in [0.2, 0.25) is 0 Å². The third kappa shape index (κ3) is 3.28. The van der Waals surface area contributed by atoms with Crippen molar-refractivity contribution in [2.24, 2.45) is 0 Å². The van der Waals surface area contributed by atoms with Crippen LogP contribution in [0.1, 0.15) is 10.4 Å². The first kappa shape index (κ1) is 13.9. The summed E-state index contributed by atoms with van der Waals surface area (Å²) in [4.78, 5) is 1.28. The minimum absolute atomic E-state index is 0.821. The van der Waals surface area contributed by atoms with Crippen molar-refractivity contribution in [2.75, 3.05) is 12.4 Å². The minimum atomic E-state index is 0.821. The normalized spacial score (nSPS) is 10.4. The molecule has 0 fully saturated rings. The third-order valence-corrected chi connectivity index (χ3v) is 5.84. The molecule has 0 spiro atoms. The fourth-order valence-electron chi connectivity index (χ4n) is 1.62. The van der Waals surface area contributed by atoms with Gasteiger partial charge in [-0.05, 0) is 68.6 Å². The van der Waals surface area contributed by atoms with Crippen molar-refractivity contribution < 1.29 is 4.74 Å². The van der Waals surface area contributed by atoms with Crippen molar-refractivity contribution in [1.29, 1.82) is 0 Å². The van der Waals surface area contributed by atoms with Gasteiger partial charge < -0.3 is 10.1 Å². The van der Waals surface area contributed by atoms with Crippen LogP contribution in [0, 0.1) is 6.92 Å². The third-order valence-electron chi connectivity index (χ3n) is 2.58. The number of thiophene rings is 1. The fraction of sp³-hybridized carbons (Fsp3) is 0.231. The van der Waals surface area contributed by atoms with Gasteiger partial charge in [0.05, 0.1) is 10.9 Å². The van der Waals surface area contributed by atoms with Gasteiger partial charge in [-0.3, -0.25) is 0 Å². The van der Waals surface area contributed by atoms with Gasteiger partial charge in [0.2, 0.25) is 0 Å². The summed E-state index contributed by atoms with van der Waals surface area (Å²) in [6.07, 6.45) is 0. The minimum Gasteiger partial charge on any atom is -0.497 e. The van der Waals surface area contributed by atoms with Crippen LogP contribution in [0.15, 0.2) is 32.5 Å². The summed E-state index contributed by atoms with van der Waals surface area (Å²) in [6, 6.07) is 8.17. The van der Waals surface area contributed by atoms with Gasteiger partial charge in [-0.1, -0.05) is 0 Å². The molecule has 5 heteroatoms. The van der Waals surface area contributed by atoms with E-state index in [4.69, 9.17) is 4.74 Å². The van der Waals surface area contributed by atoms with E-state index in [9.17, 15) is 0 Å². The van der Waals surface area contributed by atoms with E-state index >= 15 is 0 Å². The van der Waals surface area contributed by atoms with Gasteiger partial charge in [-0.25, -0.2) is 0 Å². The van der Waals surface area contributed by atoms with Crippen LogP contribution in [0.3, 0.4) is 0 Å². The first-order chi connectivity index (χ1) is 8.60. The number of aryl methyl sites for hydroxylation is 1. The molecule has 0 bridgehead atoms. The summed E-state index contributed by atoms with van der Waals surface area (Å²) in [7, 11) is 1.68. The Labute approximate surface area is 128 Å². The number of hydrogen-bond donors (Lipinski definition) is 1. The first-order valence-electron chi connectivity index (χ1n) is 5.42.